The van der Waals surface area contributed by atoms with E-state index in [2.05, 4.69) is 11.8 Å². The van der Waals surface area contributed by atoms with Crippen LogP contribution in [0.15, 0.2) is 53.6 Å². The van der Waals surface area contributed by atoms with Crippen LogP contribution in [0.25, 0.3) is 0 Å². The topological polar surface area (TPSA) is 90.4 Å². The fourth-order valence-electron chi connectivity index (χ4n) is 6.84. The SMILES string of the molecule is C[C@@H](C1CC1)N(Cc1ccccc1)C(=O)CN1CC2(CCC3C(=O)C(CN4CCC(O)CC4)=CC=C32)OC1=O. The molecule has 2 heterocycles. The van der Waals surface area contributed by atoms with Gasteiger partial charge in [0.2, 0.25) is 5.91 Å². The van der Waals surface area contributed by atoms with E-state index in [0.29, 0.717) is 38.4 Å². The van der Waals surface area contributed by atoms with E-state index in [-0.39, 0.29) is 36.3 Å². The molecule has 2 unspecified atom stereocenters. The molecule has 2 amide bonds. The second kappa shape index (κ2) is 10.5. The van der Waals surface area contributed by atoms with E-state index in [9.17, 15) is 19.5 Å². The molecule has 0 bridgehead atoms. The van der Waals surface area contributed by atoms with Crippen molar-refractivity contribution in [2.45, 2.75) is 69.7 Å². The molecule has 3 aliphatic carbocycles. The number of piperidine rings is 1. The first kappa shape index (κ1) is 26.3. The van der Waals surface area contributed by atoms with Gasteiger partial charge in [0, 0.05) is 43.7 Å². The van der Waals surface area contributed by atoms with E-state index in [4.69, 9.17) is 4.74 Å². The number of hydrogen-bond donors (Lipinski definition) is 1. The molecule has 6 rings (SSSR count). The highest BCUT2D eigenvalue weighted by atomic mass is 16.6. The standard InChI is InChI=1S/C31H39N3O5/c1-21(23-7-8-23)34(17-22-5-3-2-4-6-22)28(36)19-33-20-31(39-30(33)38)14-11-26-27(31)10-9-24(29(26)37)18-32-15-12-25(35)13-16-32/h2-6,9-10,21,23,25-26,35H,7-8,11-20H2,1H3/t21-,26?,31?/m0/s1. The first-order chi connectivity index (χ1) is 18.8. The number of ether oxygens (including phenoxy) is 1. The van der Waals surface area contributed by atoms with Crippen molar-refractivity contribution in [3.63, 3.8) is 0 Å². The number of aliphatic hydroxyl groups excluding tert-OH is 1. The fourth-order valence-corrected chi connectivity index (χ4v) is 6.84. The van der Waals surface area contributed by atoms with Gasteiger partial charge in [0.05, 0.1) is 12.6 Å². The van der Waals surface area contributed by atoms with Crippen molar-refractivity contribution in [1.82, 2.24) is 14.7 Å². The lowest BCUT2D eigenvalue weighted by Gasteiger charge is -2.32. The van der Waals surface area contributed by atoms with Gasteiger partial charge in [-0.3, -0.25) is 19.4 Å². The number of ketones is 1. The molecule has 0 radical (unpaired) electrons. The number of likely N-dealkylation sites (tertiary alicyclic amines) is 1. The summed E-state index contributed by atoms with van der Waals surface area (Å²) in [5.41, 5.74) is 1.91. The zero-order valence-corrected chi connectivity index (χ0v) is 22.8. The number of rotatable bonds is 8. The molecule has 2 aliphatic heterocycles. The van der Waals surface area contributed by atoms with E-state index in [1.165, 1.54) is 4.90 Å². The van der Waals surface area contributed by atoms with Crippen LogP contribution in [-0.4, -0.2) is 88.1 Å². The second-order valence-electron chi connectivity index (χ2n) is 12.1. The highest BCUT2D eigenvalue weighted by Gasteiger charge is 2.56. The Labute approximate surface area is 230 Å². The van der Waals surface area contributed by atoms with Gasteiger partial charge in [-0.1, -0.05) is 42.5 Å². The summed E-state index contributed by atoms with van der Waals surface area (Å²) in [7, 11) is 0. The molecule has 1 N–H and O–H groups in total. The van der Waals surface area contributed by atoms with Gasteiger partial charge in [-0.15, -0.1) is 0 Å². The van der Waals surface area contributed by atoms with Gasteiger partial charge in [0.15, 0.2) is 11.4 Å². The van der Waals surface area contributed by atoms with E-state index in [1.54, 1.807) is 0 Å². The molecule has 3 atom stereocenters. The van der Waals surface area contributed by atoms with Crippen molar-refractivity contribution in [2.24, 2.45) is 11.8 Å². The molecule has 4 fully saturated rings. The Morgan fingerprint density at radius 2 is 1.85 bits per heavy atom. The summed E-state index contributed by atoms with van der Waals surface area (Å²) >= 11 is 0. The van der Waals surface area contributed by atoms with E-state index >= 15 is 0 Å². The second-order valence-corrected chi connectivity index (χ2v) is 12.1. The predicted octanol–water partition coefficient (Wildman–Crippen LogP) is 3.31. The Kier molecular flexibility index (Phi) is 7.10. The van der Waals surface area contributed by atoms with Crippen molar-refractivity contribution < 1.29 is 24.2 Å². The first-order valence-electron chi connectivity index (χ1n) is 14.5. The van der Waals surface area contributed by atoms with Crippen LogP contribution in [0.1, 0.15) is 51.0 Å². The largest absolute Gasteiger partial charge is 0.436 e. The van der Waals surface area contributed by atoms with Crippen molar-refractivity contribution in [1.29, 1.82) is 0 Å². The van der Waals surface area contributed by atoms with Crippen molar-refractivity contribution in [3.8, 4) is 0 Å². The predicted molar refractivity (Wildman–Crippen MR) is 146 cm³/mol. The minimum atomic E-state index is -0.832. The number of Topliss-reactive ketones (excluding diaryl/α,β-unsaturated/α-hetero) is 1. The Bertz CT molecular complexity index is 1180. The maximum Gasteiger partial charge on any atom is 0.411 e. The molecule has 2 saturated carbocycles. The number of hydrogen-bond acceptors (Lipinski definition) is 6. The molecule has 1 aromatic rings. The number of carbonyl (C=O) groups is 3. The molecule has 1 spiro atoms. The number of carbonyl (C=O) groups excluding carboxylic acids is 3. The average Bonchev–Trinajstić information content (AvgIpc) is 3.66. The van der Waals surface area contributed by atoms with E-state index in [1.807, 2.05) is 47.4 Å². The van der Waals surface area contributed by atoms with Crippen LogP contribution >= 0.6 is 0 Å². The maximum absolute atomic E-state index is 13.6. The van der Waals surface area contributed by atoms with Crippen LogP contribution in [-0.2, 0) is 20.9 Å². The number of benzene rings is 1. The third kappa shape index (κ3) is 5.29. The van der Waals surface area contributed by atoms with Gasteiger partial charge in [0.1, 0.15) is 6.54 Å². The highest BCUT2D eigenvalue weighted by molar-refractivity contribution is 6.02. The number of fused-ring (bicyclic) bond motifs is 2. The fraction of sp³-hybridized carbons (Fsp3) is 0.581. The van der Waals surface area contributed by atoms with Gasteiger partial charge >= 0.3 is 6.09 Å². The van der Waals surface area contributed by atoms with Gasteiger partial charge < -0.3 is 14.7 Å². The van der Waals surface area contributed by atoms with Gasteiger partial charge in [-0.25, -0.2) is 4.79 Å². The molecule has 0 aromatic heterocycles. The molecule has 8 heteroatoms. The summed E-state index contributed by atoms with van der Waals surface area (Å²) in [5, 5.41) is 9.79. The Hall–Kier alpha value is -2.97. The van der Waals surface area contributed by atoms with Gasteiger partial charge in [-0.2, -0.15) is 0 Å². The molecule has 1 aromatic carbocycles. The molecular formula is C31H39N3O5. The minimum absolute atomic E-state index is 0.0156. The molecule has 8 nitrogen and oxygen atoms in total. The first-order valence-corrected chi connectivity index (χ1v) is 14.5. The van der Waals surface area contributed by atoms with E-state index in [0.717, 1.165) is 55.5 Å². The zero-order chi connectivity index (χ0) is 27.1. The van der Waals surface area contributed by atoms with Crippen molar-refractivity contribution in [3.05, 3.63) is 59.2 Å². The number of nitrogens with zero attached hydrogens (tertiary/aromatic N) is 3. The third-order valence-corrected chi connectivity index (χ3v) is 9.41. The van der Waals surface area contributed by atoms with E-state index < -0.39 is 11.7 Å². The minimum Gasteiger partial charge on any atom is -0.436 e. The monoisotopic (exact) mass is 533 g/mol. The third-order valence-electron chi connectivity index (χ3n) is 9.41. The summed E-state index contributed by atoms with van der Waals surface area (Å²) in [5.74, 6) is 0.297. The maximum atomic E-state index is 13.6. The van der Waals surface area contributed by atoms with Crippen molar-refractivity contribution in [2.75, 3.05) is 32.7 Å². The van der Waals surface area contributed by atoms with Gasteiger partial charge in [-0.05, 0) is 62.5 Å². The Morgan fingerprint density at radius 3 is 2.56 bits per heavy atom. The molecule has 2 saturated heterocycles. The quantitative estimate of drug-likeness (QED) is 0.552. The van der Waals surface area contributed by atoms with Crippen LogP contribution in [0.4, 0.5) is 4.79 Å². The molecule has 208 valence electrons. The Morgan fingerprint density at radius 1 is 1.10 bits per heavy atom. The lowest BCUT2D eigenvalue weighted by molar-refractivity contribution is -0.135. The van der Waals surface area contributed by atoms with Crippen LogP contribution in [0.3, 0.4) is 0 Å². The zero-order valence-electron chi connectivity index (χ0n) is 22.8. The molecular weight excluding hydrogens is 494 g/mol. The smallest absolute Gasteiger partial charge is 0.411 e. The molecule has 39 heavy (non-hydrogen) atoms. The normalized spacial score (nSPS) is 28.3. The van der Waals surface area contributed by atoms with Crippen LogP contribution in [0, 0.1) is 11.8 Å². The highest BCUT2D eigenvalue weighted by Crippen LogP contribution is 2.48. The van der Waals surface area contributed by atoms with Crippen LogP contribution < -0.4 is 0 Å². The summed E-state index contributed by atoms with van der Waals surface area (Å²) in [6, 6.07) is 10.1. The molecule has 5 aliphatic rings. The Balaban J connectivity index is 1.14. The summed E-state index contributed by atoms with van der Waals surface area (Å²) in [6.07, 6.45) is 8.15. The lowest BCUT2D eigenvalue weighted by atomic mass is 9.83. The lowest BCUT2D eigenvalue weighted by Crippen LogP contribution is -2.46. The van der Waals surface area contributed by atoms with Crippen molar-refractivity contribution >= 4 is 17.8 Å². The number of amides is 2. The summed E-state index contributed by atoms with van der Waals surface area (Å²) < 4.78 is 5.98. The van der Waals surface area contributed by atoms with Gasteiger partial charge in [0.25, 0.3) is 0 Å². The average molecular weight is 534 g/mol. The number of allylic oxidation sites excluding steroid dienone is 2. The number of aliphatic hydroxyl groups is 1. The van der Waals surface area contributed by atoms with Crippen LogP contribution in [0.5, 0.6) is 0 Å². The summed E-state index contributed by atoms with van der Waals surface area (Å²) in [6.45, 7) is 5.09. The van der Waals surface area contributed by atoms with Crippen LogP contribution in [0.2, 0.25) is 0 Å². The summed E-state index contributed by atoms with van der Waals surface area (Å²) in [4.78, 5) is 45.8.